The Bertz CT molecular complexity index is 867. The lowest BCUT2D eigenvalue weighted by Crippen LogP contribution is -2.26. The Kier molecular flexibility index (Phi) is 6.50. The van der Waals surface area contributed by atoms with Gasteiger partial charge in [-0.3, -0.25) is 4.79 Å². The summed E-state index contributed by atoms with van der Waals surface area (Å²) >= 11 is 1.47. The molecule has 132 valence electrons. The molecule has 0 spiro atoms. The summed E-state index contributed by atoms with van der Waals surface area (Å²) in [6, 6.07) is 10.8. The van der Waals surface area contributed by atoms with Crippen LogP contribution in [0.3, 0.4) is 0 Å². The van der Waals surface area contributed by atoms with E-state index in [0.717, 1.165) is 16.0 Å². The number of aromatic nitrogens is 1. The lowest BCUT2D eigenvalue weighted by atomic mass is 10.1. The number of benzene rings is 2. The number of para-hydroxylation sites is 1. The highest BCUT2D eigenvalue weighted by Gasteiger charge is 2.17. The molecule has 7 heteroatoms. The molecule has 1 atom stereocenters. The number of nitrogens with zero attached hydrogens (tertiary/aromatic N) is 1. The lowest BCUT2D eigenvalue weighted by Gasteiger charge is -2.11. The number of nitrogens with one attached hydrogen (secondary N) is 1. The van der Waals surface area contributed by atoms with E-state index in [9.17, 15) is 9.18 Å². The van der Waals surface area contributed by atoms with Gasteiger partial charge in [0, 0.05) is 5.56 Å². The van der Waals surface area contributed by atoms with Gasteiger partial charge in [0.05, 0.1) is 17.3 Å². The van der Waals surface area contributed by atoms with E-state index in [4.69, 9.17) is 4.74 Å². The maximum absolute atomic E-state index is 13.0. The number of hydrogen-bond acceptors (Lipinski definition) is 5. The fourth-order valence-corrected chi connectivity index (χ4v) is 3.34. The van der Waals surface area contributed by atoms with Crippen LogP contribution in [0.1, 0.15) is 24.2 Å². The average Bonchev–Trinajstić information content (AvgIpc) is 2.98. The summed E-state index contributed by atoms with van der Waals surface area (Å²) in [5.41, 5.74) is 1.25. The Hall–Kier alpha value is -1.99. The molecule has 1 unspecified atom stereocenters. The van der Waals surface area contributed by atoms with Crippen LogP contribution < -0.4 is 10.1 Å². The van der Waals surface area contributed by atoms with Crippen molar-refractivity contribution in [2.75, 3.05) is 11.9 Å². The number of thiazole rings is 1. The first-order valence-corrected chi connectivity index (χ1v) is 8.49. The van der Waals surface area contributed by atoms with Gasteiger partial charge in [0.1, 0.15) is 17.1 Å². The molecule has 25 heavy (non-hydrogen) atoms. The van der Waals surface area contributed by atoms with Gasteiger partial charge in [-0.25, -0.2) is 9.37 Å². The largest absolute Gasteiger partial charge is 0.492 e. The van der Waals surface area contributed by atoms with Gasteiger partial charge in [-0.05, 0) is 50.2 Å². The monoisotopic (exact) mass is 424 g/mol. The van der Waals surface area contributed by atoms with Crippen molar-refractivity contribution in [1.29, 1.82) is 0 Å². The summed E-state index contributed by atoms with van der Waals surface area (Å²) in [7, 11) is 0. The number of carbonyl (C=O) groups excluding carboxylic acids is 1. The van der Waals surface area contributed by atoms with Crippen molar-refractivity contribution in [3.63, 3.8) is 0 Å². The third kappa shape index (κ3) is 4.35. The van der Waals surface area contributed by atoms with Crippen LogP contribution in [0.25, 0.3) is 10.2 Å². The van der Waals surface area contributed by atoms with Crippen LogP contribution in [0.5, 0.6) is 5.75 Å². The normalized spacial score (nSPS) is 11.6. The van der Waals surface area contributed by atoms with Crippen LogP contribution in [0.2, 0.25) is 0 Å². The number of anilines is 1. The summed E-state index contributed by atoms with van der Waals surface area (Å²) in [6.07, 6.45) is 0. The maximum Gasteiger partial charge on any atom is 0.184 e. The van der Waals surface area contributed by atoms with Gasteiger partial charge in [0.2, 0.25) is 0 Å². The first-order valence-electron chi connectivity index (χ1n) is 7.67. The topological polar surface area (TPSA) is 51.2 Å². The molecule has 1 N–H and O–H groups in total. The minimum absolute atomic E-state index is 0. The van der Waals surface area contributed by atoms with Crippen LogP contribution >= 0.6 is 28.3 Å². The zero-order valence-electron chi connectivity index (χ0n) is 13.8. The number of ether oxygens (including phenoxy) is 1. The van der Waals surface area contributed by atoms with Gasteiger partial charge in [-0.2, -0.15) is 0 Å². The SMILES string of the molecule is Br.CCOc1cccc2sc(NC(C)C(=O)c3ccc(F)cc3)nc12. The number of rotatable bonds is 6. The Morgan fingerprint density at radius 1 is 1.28 bits per heavy atom. The molecule has 2 aromatic carbocycles. The molecule has 3 aromatic rings. The van der Waals surface area contributed by atoms with Crippen molar-refractivity contribution in [3.05, 3.63) is 53.8 Å². The van der Waals surface area contributed by atoms with Crippen LogP contribution in [-0.4, -0.2) is 23.4 Å². The Labute approximate surface area is 159 Å². The summed E-state index contributed by atoms with van der Waals surface area (Å²) in [5, 5.41) is 3.77. The van der Waals surface area contributed by atoms with Crippen molar-refractivity contribution in [1.82, 2.24) is 4.98 Å². The van der Waals surface area contributed by atoms with Gasteiger partial charge < -0.3 is 10.1 Å². The zero-order chi connectivity index (χ0) is 17.1. The number of halogens is 2. The number of carbonyl (C=O) groups is 1. The quantitative estimate of drug-likeness (QED) is 0.559. The fourth-order valence-electron chi connectivity index (χ4n) is 2.37. The highest BCUT2D eigenvalue weighted by atomic mass is 79.9. The van der Waals surface area contributed by atoms with E-state index >= 15 is 0 Å². The van der Waals surface area contributed by atoms with E-state index in [-0.39, 0.29) is 28.6 Å². The molecule has 0 aliphatic heterocycles. The number of fused-ring (bicyclic) bond motifs is 1. The standard InChI is InChI=1S/C18H17FN2O2S.BrH/c1-3-23-14-5-4-6-15-16(14)21-18(24-15)20-11(2)17(22)12-7-9-13(19)10-8-12;/h4-11H,3H2,1-2H3,(H,20,21);1H. The Balaban J connectivity index is 0.00000225. The molecular formula is C18H18BrFN2O2S. The highest BCUT2D eigenvalue weighted by Crippen LogP contribution is 2.32. The van der Waals surface area contributed by atoms with E-state index in [0.29, 0.717) is 17.3 Å². The van der Waals surface area contributed by atoms with Gasteiger partial charge in [-0.15, -0.1) is 17.0 Å². The molecule has 3 rings (SSSR count). The van der Waals surface area contributed by atoms with Crippen LogP contribution in [0.4, 0.5) is 9.52 Å². The summed E-state index contributed by atoms with van der Waals surface area (Å²) in [5.74, 6) is 0.262. The molecule has 0 radical (unpaired) electrons. The average molecular weight is 425 g/mol. The first kappa shape index (κ1) is 19.3. The molecule has 0 aliphatic carbocycles. The van der Waals surface area contributed by atoms with Gasteiger partial charge in [-0.1, -0.05) is 17.4 Å². The minimum Gasteiger partial charge on any atom is -0.492 e. The lowest BCUT2D eigenvalue weighted by molar-refractivity contribution is 0.0975. The van der Waals surface area contributed by atoms with E-state index in [1.54, 1.807) is 6.92 Å². The molecule has 1 aromatic heterocycles. The second kappa shape index (κ2) is 8.40. The summed E-state index contributed by atoms with van der Waals surface area (Å²) in [6.45, 7) is 4.26. The second-order valence-electron chi connectivity index (χ2n) is 5.29. The molecule has 0 saturated heterocycles. The molecule has 0 fully saturated rings. The molecule has 0 saturated carbocycles. The number of Topliss-reactive ketones (excluding diaryl/α,β-unsaturated/α-hetero) is 1. The predicted molar refractivity (Wildman–Crippen MR) is 105 cm³/mol. The Morgan fingerprint density at radius 2 is 2.00 bits per heavy atom. The summed E-state index contributed by atoms with van der Waals surface area (Å²) < 4.78 is 19.5. The predicted octanol–water partition coefficient (Wildman–Crippen LogP) is 5.10. The van der Waals surface area contributed by atoms with Crippen molar-refractivity contribution in [2.45, 2.75) is 19.9 Å². The third-order valence-corrected chi connectivity index (χ3v) is 4.50. The molecule has 0 amide bonds. The van der Waals surface area contributed by atoms with E-state index in [1.165, 1.54) is 35.6 Å². The van der Waals surface area contributed by atoms with E-state index in [1.807, 2.05) is 25.1 Å². The van der Waals surface area contributed by atoms with E-state index in [2.05, 4.69) is 10.3 Å². The van der Waals surface area contributed by atoms with Crippen molar-refractivity contribution in [2.24, 2.45) is 0 Å². The smallest absolute Gasteiger partial charge is 0.184 e. The van der Waals surface area contributed by atoms with Gasteiger partial charge >= 0.3 is 0 Å². The molecule has 0 bridgehead atoms. The van der Waals surface area contributed by atoms with Crippen molar-refractivity contribution >= 4 is 49.4 Å². The zero-order valence-corrected chi connectivity index (χ0v) is 16.3. The molecule has 0 aliphatic rings. The van der Waals surface area contributed by atoms with Crippen LogP contribution in [-0.2, 0) is 0 Å². The third-order valence-electron chi connectivity index (χ3n) is 3.54. The van der Waals surface area contributed by atoms with Crippen LogP contribution in [0.15, 0.2) is 42.5 Å². The molecule has 4 nitrogen and oxygen atoms in total. The van der Waals surface area contributed by atoms with Gasteiger partial charge in [0.25, 0.3) is 0 Å². The van der Waals surface area contributed by atoms with Crippen molar-refractivity contribution < 1.29 is 13.9 Å². The maximum atomic E-state index is 13.0. The summed E-state index contributed by atoms with van der Waals surface area (Å²) in [4.78, 5) is 16.9. The first-order chi connectivity index (χ1) is 11.6. The minimum atomic E-state index is -0.466. The van der Waals surface area contributed by atoms with Gasteiger partial charge in [0.15, 0.2) is 10.9 Å². The number of hydrogen-bond donors (Lipinski definition) is 1. The van der Waals surface area contributed by atoms with Crippen LogP contribution in [0, 0.1) is 5.82 Å². The Morgan fingerprint density at radius 3 is 2.68 bits per heavy atom. The number of ketones is 1. The van der Waals surface area contributed by atoms with E-state index < -0.39 is 6.04 Å². The molecule has 1 heterocycles. The fraction of sp³-hybridized carbons (Fsp3) is 0.222. The highest BCUT2D eigenvalue weighted by molar-refractivity contribution is 8.93. The molecular weight excluding hydrogens is 407 g/mol. The second-order valence-corrected chi connectivity index (χ2v) is 6.32. The van der Waals surface area contributed by atoms with Crippen molar-refractivity contribution in [3.8, 4) is 5.75 Å².